The van der Waals surface area contributed by atoms with Crippen LogP contribution >= 0.6 is 11.6 Å². The number of nitrogens with zero attached hydrogens (tertiary/aromatic N) is 1. The van der Waals surface area contributed by atoms with Crippen molar-refractivity contribution in [2.45, 2.75) is 64.0 Å². The van der Waals surface area contributed by atoms with E-state index in [0.717, 1.165) is 63.0 Å². The van der Waals surface area contributed by atoms with Gasteiger partial charge in [-0.3, -0.25) is 4.79 Å². The number of likely N-dealkylation sites (tertiary alicyclic amines) is 1. The maximum absolute atomic E-state index is 13.3. The Bertz CT molecular complexity index is 864. The standard InChI is InChI=1S/C28H44ClN3O5/c1-20-8-9-23(29)17-25(20)27(37-15-12-31-28(34)35-3)22-7-4-13-32(18-22)26(33)11-10-24(30-2)16-21-6-5-14-36-19-21/h8-9,17,21-22,24,27,30H,4-7,10-16,18-19H2,1-3H3,(H,31,34)/t21-,22-,24-,27-/m1/s1. The van der Waals surface area contributed by atoms with E-state index in [-0.39, 0.29) is 17.9 Å². The monoisotopic (exact) mass is 537 g/mol. The zero-order chi connectivity index (χ0) is 26.6. The van der Waals surface area contributed by atoms with Crippen LogP contribution in [0.3, 0.4) is 0 Å². The van der Waals surface area contributed by atoms with Crippen molar-refractivity contribution in [1.82, 2.24) is 15.5 Å². The first kappa shape index (κ1) is 29.7. The number of methoxy groups -OCH3 is 1. The molecule has 2 aliphatic heterocycles. The number of piperidine rings is 1. The second-order valence-corrected chi connectivity index (χ2v) is 10.7. The van der Waals surface area contributed by atoms with Gasteiger partial charge in [0.25, 0.3) is 0 Å². The summed E-state index contributed by atoms with van der Waals surface area (Å²) in [6.07, 6.45) is 5.96. The van der Waals surface area contributed by atoms with Crippen LogP contribution in [-0.4, -0.2) is 76.6 Å². The molecule has 37 heavy (non-hydrogen) atoms. The number of benzene rings is 1. The fraction of sp³-hybridized carbons (Fsp3) is 0.714. The SMILES string of the molecule is CN[C@H](CCC(=O)N1CCC[C@@H]([C@@H](OCCNC(=O)OC)c2cc(Cl)ccc2C)C1)C[C@H]1CCCOC1. The summed E-state index contributed by atoms with van der Waals surface area (Å²) in [6, 6.07) is 6.17. The van der Waals surface area contributed by atoms with E-state index in [1.54, 1.807) is 0 Å². The summed E-state index contributed by atoms with van der Waals surface area (Å²) in [5.41, 5.74) is 2.14. The number of halogens is 1. The highest BCUT2D eigenvalue weighted by molar-refractivity contribution is 6.30. The summed E-state index contributed by atoms with van der Waals surface area (Å²) in [5.74, 6) is 0.930. The Morgan fingerprint density at radius 2 is 2.11 bits per heavy atom. The van der Waals surface area contributed by atoms with Crippen molar-refractivity contribution in [3.63, 3.8) is 0 Å². The lowest BCUT2D eigenvalue weighted by Crippen LogP contribution is -2.43. The molecule has 2 N–H and O–H groups in total. The number of hydrogen-bond donors (Lipinski definition) is 2. The topological polar surface area (TPSA) is 89.1 Å². The highest BCUT2D eigenvalue weighted by Gasteiger charge is 2.32. The molecule has 2 fully saturated rings. The van der Waals surface area contributed by atoms with Crippen molar-refractivity contribution in [2.75, 3.05) is 53.6 Å². The molecule has 208 valence electrons. The number of ether oxygens (including phenoxy) is 3. The van der Waals surface area contributed by atoms with Gasteiger partial charge in [-0.25, -0.2) is 4.79 Å². The molecule has 2 saturated heterocycles. The molecule has 8 nitrogen and oxygen atoms in total. The lowest BCUT2D eigenvalue weighted by molar-refractivity contribution is -0.134. The van der Waals surface area contributed by atoms with Crippen LogP contribution in [0.1, 0.15) is 62.2 Å². The summed E-state index contributed by atoms with van der Waals surface area (Å²) >= 11 is 6.35. The molecule has 9 heteroatoms. The third-order valence-electron chi connectivity index (χ3n) is 7.63. The van der Waals surface area contributed by atoms with Crippen molar-refractivity contribution < 1.29 is 23.8 Å². The largest absolute Gasteiger partial charge is 0.453 e. The van der Waals surface area contributed by atoms with Gasteiger partial charge in [0.1, 0.15) is 0 Å². The highest BCUT2D eigenvalue weighted by Crippen LogP contribution is 2.36. The predicted octanol–water partition coefficient (Wildman–Crippen LogP) is 4.49. The Hall–Kier alpha value is -1.87. The van der Waals surface area contributed by atoms with E-state index in [4.69, 9.17) is 21.1 Å². The average molecular weight is 538 g/mol. The molecular formula is C28H44ClN3O5. The number of alkyl carbamates (subject to hydrolysis) is 1. The molecule has 1 aromatic carbocycles. The number of nitrogens with one attached hydrogen (secondary N) is 2. The number of amides is 2. The first-order chi connectivity index (χ1) is 17.9. The van der Waals surface area contributed by atoms with Gasteiger partial charge in [-0.2, -0.15) is 0 Å². The van der Waals surface area contributed by atoms with E-state index in [2.05, 4.69) is 22.3 Å². The maximum atomic E-state index is 13.3. The molecule has 0 unspecified atom stereocenters. The van der Waals surface area contributed by atoms with E-state index in [0.29, 0.717) is 43.1 Å². The van der Waals surface area contributed by atoms with Gasteiger partial charge >= 0.3 is 6.09 Å². The summed E-state index contributed by atoms with van der Waals surface area (Å²) in [5, 5.41) is 6.74. The Labute approximate surface area is 226 Å². The summed E-state index contributed by atoms with van der Waals surface area (Å²) in [7, 11) is 3.32. The van der Waals surface area contributed by atoms with Crippen LogP contribution < -0.4 is 10.6 Å². The average Bonchev–Trinajstić information content (AvgIpc) is 2.92. The van der Waals surface area contributed by atoms with Gasteiger partial charge in [-0.15, -0.1) is 0 Å². The van der Waals surface area contributed by atoms with E-state index >= 15 is 0 Å². The Kier molecular flexibility index (Phi) is 12.5. The maximum Gasteiger partial charge on any atom is 0.406 e. The van der Waals surface area contributed by atoms with E-state index in [1.165, 1.54) is 13.5 Å². The van der Waals surface area contributed by atoms with E-state index in [9.17, 15) is 9.59 Å². The Balaban J connectivity index is 1.60. The van der Waals surface area contributed by atoms with Crippen LogP contribution in [0, 0.1) is 18.8 Å². The molecule has 2 amide bonds. The Morgan fingerprint density at radius 3 is 2.84 bits per heavy atom. The molecule has 0 saturated carbocycles. The van der Waals surface area contributed by atoms with Gasteiger partial charge in [0.15, 0.2) is 0 Å². The summed E-state index contributed by atoms with van der Waals surface area (Å²) in [4.78, 5) is 26.7. The minimum atomic E-state index is -0.482. The molecule has 0 aliphatic carbocycles. The van der Waals surface area contributed by atoms with Crippen molar-refractivity contribution >= 4 is 23.6 Å². The number of aryl methyl sites for hydroxylation is 1. The lowest BCUT2D eigenvalue weighted by Gasteiger charge is -2.38. The molecule has 2 heterocycles. The second kappa shape index (κ2) is 15.5. The molecule has 0 spiro atoms. The molecule has 4 atom stereocenters. The quantitative estimate of drug-likeness (QED) is 0.382. The number of hydrogen-bond acceptors (Lipinski definition) is 6. The van der Waals surface area contributed by atoms with Crippen molar-refractivity contribution in [1.29, 1.82) is 0 Å². The fourth-order valence-corrected chi connectivity index (χ4v) is 5.70. The van der Waals surface area contributed by atoms with Crippen LogP contribution in [-0.2, 0) is 19.0 Å². The van der Waals surface area contributed by atoms with Gasteiger partial charge in [-0.1, -0.05) is 17.7 Å². The lowest BCUT2D eigenvalue weighted by atomic mass is 9.86. The normalized spacial score (nSPS) is 21.8. The first-order valence-corrected chi connectivity index (χ1v) is 14.0. The Morgan fingerprint density at radius 1 is 1.27 bits per heavy atom. The van der Waals surface area contributed by atoms with Crippen molar-refractivity contribution in [2.24, 2.45) is 11.8 Å². The van der Waals surface area contributed by atoms with Gasteiger partial charge in [-0.05, 0) is 81.7 Å². The van der Waals surface area contributed by atoms with E-state index < -0.39 is 6.09 Å². The molecular weight excluding hydrogens is 494 g/mol. The van der Waals surface area contributed by atoms with Gasteiger partial charge in [0.2, 0.25) is 5.91 Å². The minimum absolute atomic E-state index is 0.146. The van der Waals surface area contributed by atoms with Crippen LogP contribution in [0.15, 0.2) is 18.2 Å². The van der Waals surface area contributed by atoms with Gasteiger partial charge in [0.05, 0.1) is 19.8 Å². The molecule has 0 bridgehead atoms. The smallest absolute Gasteiger partial charge is 0.406 e. The number of carbonyl (C=O) groups excluding carboxylic acids is 2. The predicted molar refractivity (Wildman–Crippen MR) is 145 cm³/mol. The third-order valence-corrected chi connectivity index (χ3v) is 7.86. The van der Waals surface area contributed by atoms with Gasteiger partial charge in [0, 0.05) is 56.3 Å². The van der Waals surface area contributed by atoms with Crippen LogP contribution in [0.4, 0.5) is 4.79 Å². The molecule has 3 rings (SSSR count). The van der Waals surface area contributed by atoms with Crippen LogP contribution in [0.2, 0.25) is 5.02 Å². The third kappa shape index (κ3) is 9.43. The zero-order valence-corrected chi connectivity index (χ0v) is 23.4. The molecule has 1 aromatic rings. The van der Waals surface area contributed by atoms with E-state index in [1.807, 2.05) is 30.1 Å². The zero-order valence-electron chi connectivity index (χ0n) is 22.6. The number of carbonyl (C=O) groups is 2. The highest BCUT2D eigenvalue weighted by atomic mass is 35.5. The fourth-order valence-electron chi connectivity index (χ4n) is 5.52. The summed E-state index contributed by atoms with van der Waals surface area (Å²) in [6.45, 7) is 5.87. The second-order valence-electron chi connectivity index (χ2n) is 10.3. The molecule has 0 aromatic heterocycles. The molecule has 0 radical (unpaired) electrons. The van der Waals surface area contributed by atoms with Gasteiger partial charge < -0.3 is 29.7 Å². The first-order valence-electron chi connectivity index (χ1n) is 13.6. The van der Waals surface area contributed by atoms with Crippen molar-refractivity contribution in [3.05, 3.63) is 34.3 Å². The van der Waals surface area contributed by atoms with Crippen LogP contribution in [0.25, 0.3) is 0 Å². The number of rotatable bonds is 12. The van der Waals surface area contributed by atoms with Crippen LogP contribution in [0.5, 0.6) is 0 Å². The van der Waals surface area contributed by atoms with Crippen molar-refractivity contribution in [3.8, 4) is 0 Å². The minimum Gasteiger partial charge on any atom is -0.453 e. The molecule has 2 aliphatic rings. The summed E-state index contributed by atoms with van der Waals surface area (Å²) < 4.78 is 16.6.